The number of alkyl halides is 3. The highest BCUT2D eigenvalue weighted by Crippen LogP contribution is 2.34. The highest BCUT2D eigenvalue weighted by atomic mass is 19.4. The van der Waals surface area contributed by atoms with Crippen molar-refractivity contribution in [2.45, 2.75) is 6.18 Å². The molecule has 3 heterocycles. The number of aromatic nitrogens is 4. The number of benzene rings is 1. The summed E-state index contributed by atoms with van der Waals surface area (Å²) in [5, 5.41) is 2.38. The molecule has 1 aliphatic heterocycles. The topological polar surface area (TPSA) is 79.2 Å². The molecule has 1 aromatic carbocycles. The van der Waals surface area contributed by atoms with Crippen LogP contribution in [0, 0.1) is 0 Å². The summed E-state index contributed by atoms with van der Waals surface area (Å²) in [6.07, 6.45) is 1.97. The lowest BCUT2D eigenvalue weighted by Crippen LogP contribution is -2.50. The molecule has 8 nitrogen and oxygen atoms in total. The Hall–Kier alpha value is -3.63. The quantitative estimate of drug-likeness (QED) is 0.709. The number of hydrogen-bond donors (Lipinski definition) is 1. The number of amides is 2. The molecule has 4 rings (SSSR count). The Morgan fingerprint density at radius 1 is 1.03 bits per heavy atom. The summed E-state index contributed by atoms with van der Waals surface area (Å²) in [7, 11) is 0. The van der Waals surface area contributed by atoms with E-state index in [9.17, 15) is 18.0 Å². The summed E-state index contributed by atoms with van der Waals surface area (Å²) in [4.78, 5) is 28.5. The van der Waals surface area contributed by atoms with E-state index in [4.69, 9.17) is 0 Å². The van der Waals surface area contributed by atoms with Gasteiger partial charge in [0.25, 0.3) is 0 Å². The molecule has 30 heavy (non-hydrogen) atoms. The van der Waals surface area contributed by atoms with Gasteiger partial charge in [-0.2, -0.15) is 13.2 Å². The number of para-hydroxylation sites is 1. The molecule has 1 N–H and O–H groups in total. The van der Waals surface area contributed by atoms with E-state index in [1.807, 2.05) is 11.0 Å². The maximum atomic E-state index is 13.1. The number of piperazine rings is 1. The van der Waals surface area contributed by atoms with Gasteiger partial charge in [-0.1, -0.05) is 12.1 Å². The maximum Gasteiger partial charge on any atom is 0.418 e. The zero-order chi connectivity index (χ0) is 21.1. The third kappa shape index (κ3) is 4.19. The normalized spacial score (nSPS) is 14.6. The van der Waals surface area contributed by atoms with E-state index in [1.165, 1.54) is 29.4 Å². The molecular weight excluding hydrogens is 399 g/mol. The molecule has 0 saturated carbocycles. The largest absolute Gasteiger partial charge is 0.418 e. The monoisotopic (exact) mass is 417 g/mol. The first-order valence-corrected chi connectivity index (χ1v) is 9.19. The van der Waals surface area contributed by atoms with Crippen LogP contribution in [0.4, 0.5) is 29.5 Å². The van der Waals surface area contributed by atoms with Crippen LogP contribution < -0.4 is 10.2 Å². The van der Waals surface area contributed by atoms with Gasteiger partial charge < -0.3 is 15.1 Å². The van der Waals surface area contributed by atoms with Crippen molar-refractivity contribution < 1.29 is 18.0 Å². The van der Waals surface area contributed by atoms with Gasteiger partial charge in [-0.25, -0.2) is 19.7 Å². The molecule has 0 unspecified atom stereocenters. The number of halogens is 3. The number of rotatable bonds is 3. The van der Waals surface area contributed by atoms with Crippen molar-refractivity contribution in [1.82, 2.24) is 24.4 Å². The van der Waals surface area contributed by atoms with Gasteiger partial charge in [0, 0.05) is 44.6 Å². The highest BCUT2D eigenvalue weighted by Gasteiger charge is 2.34. The molecule has 2 aromatic heterocycles. The van der Waals surface area contributed by atoms with E-state index in [-0.39, 0.29) is 5.69 Å². The molecule has 0 spiro atoms. The van der Waals surface area contributed by atoms with Crippen LogP contribution in [0.25, 0.3) is 5.82 Å². The first-order chi connectivity index (χ1) is 14.4. The van der Waals surface area contributed by atoms with Crippen LogP contribution in [0.5, 0.6) is 0 Å². The lowest BCUT2D eigenvalue weighted by molar-refractivity contribution is -0.136. The fourth-order valence-electron chi connectivity index (χ4n) is 3.22. The highest BCUT2D eigenvalue weighted by molar-refractivity contribution is 5.90. The van der Waals surface area contributed by atoms with Crippen LogP contribution >= 0.6 is 0 Å². The lowest BCUT2D eigenvalue weighted by Gasteiger charge is -2.35. The van der Waals surface area contributed by atoms with Crippen LogP contribution in [-0.2, 0) is 6.18 Å². The van der Waals surface area contributed by atoms with Gasteiger partial charge in [0.1, 0.15) is 24.3 Å². The summed E-state index contributed by atoms with van der Waals surface area (Å²) < 4.78 is 41.1. The third-order valence-electron chi connectivity index (χ3n) is 4.77. The van der Waals surface area contributed by atoms with Crippen molar-refractivity contribution in [2.24, 2.45) is 0 Å². The van der Waals surface area contributed by atoms with Gasteiger partial charge in [-0.05, 0) is 12.1 Å². The summed E-state index contributed by atoms with van der Waals surface area (Å²) in [6, 6.07) is 6.19. The second-order valence-electron chi connectivity index (χ2n) is 6.65. The number of urea groups is 1. The molecule has 2 amide bonds. The predicted molar refractivity (Wildman–Crippen MR) is 103 cm³/mol. The Morgan fingerprint density at radius 2 is 1.77 bits per heavy atom. The third-order valence-corrected chi connectivity index (χ3v) is 4.77. The maximum absolute atomic E-state index is 13.1. The second-order valence-corrected chi connectivity index (χ2v) is 6.65. The molecule has 0 bridgehead atoms. The Labute approximate surface area is 170 Å². The summed E-state index contributed by atoms with van der Waals surface area (Å²) in [5.74, 6) is 1.37. The van der Waals surface area contributed by atoms with Crippen molar-refractivity contribution in [3.8, 4) is 5.82 Å². The zero-order valence-electron chi connectivity index (χ0n) is 15.8. The number of imidazole rings is 1. The van der Waals surface area contributed by atoms with Crippen LogP contribution in [0.3, 0.4) is 0 Å². The standard InChI is InChI=1S/C19H18F3N7O/c20-19(21,22)14-3-1-2-4-15(14)26-18(30)28-9-7-27(8-10-28)16-11-17(25-12-24-16)29-6-5-23-13-29/h1-6,11-13H,7-10H2,(H,26,30). The minimum absolute atomic E-state index is 0.252. The van der Waals surface area contributed by atoms with Gasteiger partial charge >= 0.3 is 12.2 Å². The van der Waals surface area contributed by atoms with Crippen LogP contribution in [0.2, 0.25) is 0 Å². The van der Waals surface area contributed by atoms with Crippen molar-refractivity contribution >= 4 is 17.5 Å². The van der Waals surface area contributed by atoms with Crippen molar-refractivity contribution in [3.63, 3.8) is 0 Å². The SMILES string of the molecule is O=C(Nc1ccccc1C(F)(F)F)N1CCN(c2cc(-n3ccnc3)ncn2)CC1. The van der Waals surface area contributed by atoms with Crippen LogP contribution in [0.15, 0.2) is 55.4 Å². The molecule has 0 atom stereocenters. The van der Waals surface area contributed by atoms with E-state index in [0.717, 1.165) is 6.07 Å². The predicted octanol–water partition coefficient (Wildman–Crippen LogP) is 3.04. The summed E-state index contributed by atoms with van der Waals surface area (Å²) in [5.41, 5.74) is -1.12. The fraction of sp³-hybridized carbons (Fsp3) is 0.263. The second kappa shape index (κ2) is 8.01. The minimum atomic E-state index is -4.54. The first-order valence-electron chi connectivity index (χ1n) is 9.19. The first kappa shape index (κ1) is 19.7. The van der Waals surface area contributed by atoms with E-state index in [1.54, 1.807) is 23.3 Å². The molecular formula is C19H18F3N7O. The van der Waals surface area contributed by atoms with Crippen molar-refractivity contribution in [3.05, 3.63) is 60.9 Å². The number of carbonyl (C=O) groups excluding carboxylic acids is 1. The molecule has 0 radical (unpaired) electrons. The molecule has 3 aromatic rings. The molecule has 1 saturated heterocycles. The Balaban J connectivity index is 1.40. The van der Waals surface area contributed by atoms with E-state index < -0.39 is 17.8 Å². The average Bonchev–Trinajstić information content (AvgIpc) is 3.29. The van der Waals surface area contributed by atoms with E-state index in [2.05, 4.69) is 20.3 Å². The average molecular weight is 417 g/mol. The van der Waals surface area contributed by atoms with Gasteiger partial charge in [-0.3, -0.25) is 4.57 Å². The number of hydrogen-bond acceptors (Lipinski definition) is 5. The Morgan fingerprint density at radius 3 is 2.47 bits per heavy atom. The van der Waals surface area contributed by atoms with E-state index >= 15 is 0 Å². The molecule has 156 valence electrons. The zero-order valence-corrected chi connectivity index (χ0v) is 15.8. The summed E-state index contributed by atoms with van der Waals surface area (Å²) >= 11 is 0. The van der Waals surface area contributed by atoms with Gasteiger partial charge in [0.15, 0.2) is 0 Å². The lowest BCUT2D eigenvalue weighted by atomic mass is 10.1. The Bertz CT molecular complexity index is 1010. The number of nitrogens with one attached hydrogen (secondary N) is 1. The van der Waals surface area contributed by atoms with Crippen molar-refractivity contribution in [1.29, 1.82) is 0 Å². The number of nitrogens with zero attached hydrogens (tertiary/aromatic N) is 6. The van der Waals surface area contributed by atoms with Crippen LogP contribution in [-0.4, -0.2) is 56.6 Å². The van der Waals surface area contributed by atoms with Gasteiger partial charge in [0.05, 0.1) is 11.3 Å². The Kier molecular flexibility index (Phi) is 5.25. The van der Waals surface area contributed by atoms with Gasteiger partial charge in [0.2, 0.25) is 0 Å². The van der Waals surface area contributed by atoms with Crippen molar-refractivity contribution in [2.75, 3.05) is 36.4 Å². The minimum Gasteiger partial charge on any atom is -0.353 e. The van der Waals surface area contributed by atoms with Crippen LogP contribution in [0.1, 0.15) is 5.56 Å². The fourth-order valence-corrected chi connectivity index (χ4v) is 3.22. The molecule has 1 fully saturated rings. The van der Waals surface area contributed by atoms with E-state index in [0.29, 0.717) is 37.8 Å². The molecule has 11 heteroatoms. The smallest absolute Gasteiger partial charge is 0.353 e. The molecule has 1 aliphatic rings. The summed E-state index contributed by atoms with van der Waals surface area (Å²) in [6.45, 7) is 1.69. The molecule has 0 aliphatic carbocycles. The number of anilines is 2. The number of carbonyl (C=O) groups is 1. The van der Waals surface area contributed by atoms with Gasteiger partial charge in [-0.15, -0.1) is 0 Å².